The van der Waals surface area contributed by atoms with E-state index < -0.39 is 21.2 Å². The minimum absolute atomic E-state index is 0.216. The first-order chi connectivity index (χ1) is 13.9. The van der Waals surface area contributed by atoms with Gasteiger partial charge in [0.2, 0.25) is 0 Å². The number of carbonyl (C=O) groups excluding carboxylic acids is 2. The van der Waals surface area contributed by atoms with Crippen molar-refractivity contribution in [3.63, 3.8) is 0 Å². The van der Waals surface area contributed by atoms with Crippen molar-refractivity contribution in [1.29, 1.82) is 0 Å². The number of esters is 2. The summed E-state index contributed by atoms with van der Waals surface area (Å²) < 4.78 is 35.4. The zero-order chi connectivity index (χ0) is 22.7. The van der Waals surface area contributed by atoms with Crippen LogP contribution in [-0.2, 0) is 30.5 Å². The lowest BCUT2D eigenvalue weighted by molar-refractivity contribution is -0.153. The Bertz CT molecular complexity index is 1040. The zero-order valence-electron chi connectivity index (χ0n) is 18.2. The molecule has 0 spiro atoms. The Morgan fingerprint density at radius 3 is 2.40 bits per heavy atom. The highest BCUT2D eigenvalue weighted by molar-refractivity contribution is 7.91. The van der Waals surface area contributed by atoms with Crippen LogP contribution >= 0.6 is 11.3 Å². The zero-order valence-corrected chi connectivity index (χ0v) is 19.8. The number of hydrogen-bond acceptors (Lipinski definition) is 7. The molecule has 0 radical (unpaired) electrons. The Morgan fingerprint density at radius 2 is 1.83 bits per heavy atom. The van der Waals surface area contributed by atoms with E-state index in [1.165, 1.54) is 24.7 Å². The number of rotatable bonds is 7. The van der Waals surface area contributed by atoms with Crippen LogP contribution in [0.4, 0.5) is 0 Å². The molecule has 0 N–H and O–H groups in total. The minimum atomic E-state index is -3.54. The molecule has 2 rings (SSSR count). The van der Waals surface area contributed by atoms with Crippen molar-refractivity contribution in [3.05, 3.63) is 40.3 Å². The van der Waals surface area contributed by atoms with Crippen LogP contribution < -0.4 is 0 Å². The van der Waals surface area contributed by atoms with Gasteiger partial charge in [-0.3, -0.25) is 4.79 Å². The molecule has 1 aromatic carbocycles. The van der Waals surface area contributed by atoms with Crippen molar-refractivity contribution in [2.45, 2.75) is 45.4 Å². The summed E-state index contributed by atoms with van der Waals surface area (Å²) in [6, 6.07) is 6.98. The smallest absolute Gasteiger partial charge is 0.338 e. The molecule has 0 saturated carbocycles. The summed E-state index contributed by atoms with van der Waals surface area (Å²) in [4.78, 5) is 25.5. The topological polar surface area (TPSA) is 86.7 Å². The van der Waals surface area contributed by atoms with Crippen LogP contribution in [0.5, 0.6) is 0 Å². The number of methoxy groups -OCH3 is 1. The van der Waals surface area contributed by atoms with Crippen LogP contribution in [0, 0.1) is 12.3 Å². The number of thiophene rings is 1. The Hall–Kier alpha value is -2.19. The van der Waals surface area contributed by atoms with E-state index in [0.717, 1.165) is 4.88 Å². The van der Waals surface area contributed by atoms with E-state index >= 15 is 0 Å². The normalized spacial score (nSPS) is 11.9. The number of carbonyl (C=O) groups is 2. The maximum atomic E-state index is 12.6. The fourth-order valence-electron chi connectivity index (χ4n) is 2.99. The Balaban J connectivity index is 2.34. The molecular weight excluding hydrogens is 424 g/mol. The van der Waals surface area contributed by atoms with E-state index in [0.29, 0.717) is 34.4 Å². The quantitative estimate of drug-likeness (QED) is 0.456. The predicted molar refractivity (Wildman–Crippen MR) is 118 cm³/mol. The first kappa shape index (κ1) is 24.1. The molecule has 8 heteroatoms. The molecular formula is C22H28O6S2. The van der Waals surface area contributed by atoms with Gasteiger partial charge >= 0.3 is 11.9 Å². The van der Waals surface area contributed by atoms with Gasteiger partial charge in [-0.15, -0.1) is 11.3 Å². The van der Waals surface area contributed by atoms with Crippen molar-refractivity contribution >= 4 is 33.1 Å². The lowest BCUT2D eigenvalue weighted by atomic mass is 9.97. The molecule has 30 heavy (non-hydrogen) atoms. The standard InChI is InChI=1S/C22H28O6S2/c1-14-17(20(23)27-5)13-18(29-14)16-11-7-9-15(19(16)30(6,25)26)10-8-12-28-21(24)22(2,3)4/h7,9,11,13H,8,10,12H2,1-6H3. The van der Waals surface area contributed by atoms with Gasteiger partial charge in [0.1, 0.15) is 0 Å². The second kappa shape index (κ2) is 9.31. The van der Waals surface area contributed by atoms with Gasteiger partial charge in [-0.2, -0.15) is 0 Å². The maximum Gasteiger partial charge on any atom is 0.338 e. The average Bonchev–Trinajstić information content (AvgIpc) is 3.04. The number of ether oxygens (including phenoxy) is 2. The van der Waals surface area contributed by atoms with E-state index in [-0.39, 0.29) is 17.5 Å². The van der Waals surface area contributed by atoms with Crippen LogP contribution in [0.1, 0.15) is 48.0 Å². The fourth-order valence-corrected chi connectivity index (χ4v) is 5.31. The molecule has 0 amide bonds. The highest BCUT2D eigenvalue weighted by atomic mass is 32.2. The van der Waals surface area contributed by atoms with Crippen LogP contribution in [-0.4, -0.2) is 40.3 Å². The molecule has 1 heterocycles. The third kappa shape index (κ3) is 5.70. The van der Waals surface area contributed by atoms with Crippen molar-refractivity contribution in [1.82, 2.24) is 0 Å². The largest absolute Gasteiger partial charge is 0.465 e. The van der Waals surface area contributed by atoms with E-state index in [4.69, 9.17) is 9.47 Å². The summed E-state index contributed by atoms with van der Waals surface area (Å²) in [5, 5.41) is 0. The van der Waals surface area contributed by atoms with Crippen LogP contribution in [0.15, 0.2) is 29.2 Å². The van der Waals surface area contributed by atoms with E-state index in [9.17, 15) is 18.0 Å². The molecule has 0 atom stereocenters. The lowest BCUT2D eigenvalue weighted by Crippen LogP contribution is -2.23. The Morgan fingerprint density at radius 1 is 1.17 bits per heavy atom. The molecule has 1 aromatic heterocycles. The summed E-state index contributed by atoms with van der Waals surface area (Å²) in [6.07, 6.45) is 2.13. The highest BCUT2D eigenvalue weighted by Crippen LogP contribution is 2.37. The van der Waals surface area contributed by atoms with Gasteiger partial charge in [-0.1, -0.05) is 18.2 Å². The molecule has 164 valence electrons. The Labute approximate surface area is 182 Å². The minimum Gasteiger partial charge on any atom is -0.465 e. The molecule has 0 unspecified atom stereocenters. The van der Waals surface area contributed by atoms with Crippen LogP contribution in [0.2, 0.25) is 0 Å². The third-order valence-electron chi connectivity index (χ3n) is 4.49. The summed E-state index contributed by atoms with van der Waals surface area (Å²) in [6.45, 7) is 7.37. The molecule has 0 aliphatic rings. The molecule has 0 bridgehead atoms. The maximum absolute atomic E-state index is 12.6. The molecule has 6 nitrogen and oxygen atoms in total. The van der Waals surface area contributed by atoms with E-state index in [1.54, 1.807) is 52.0 Å². The van der Waals surface area contributed by atoms with Crippen molar-refractivity contribution in [2.24, 2.45) is 5.41 Å². The van der Waals surface area contributed by atoms with Crippen LogP contribution in [0.25, 0.3) is 10.4 Å². The first-order valence-corrected chi connectivity index (χ1v) is 12.3. The SMILES string of the molecule is COC(=O)c1cc(-c2cccc(CCCOC(=O)C(C)(C)C)c2S(C)(=O)=O)sc1C. The molecule has 0 fully saturated rings. The van der Waals surface area contributed by atoms with Gasteiger partial charge in [-0.05, 0) is 52.2 Å². The van der Waals surface area contributed by atoms with Gasteiger partial charge in [0.25, 0.3) is 0 Å². The molecule has 0 saturated heterocycles. The highest BCUT2D eigenvalue weighted by Gasteiger charge is 2.24. The summed E-state index contributed by atoms with van der Waals surface area (Å²) in [7, 11) is -2.22. The summed E-state index contributed by atoms with van der Waals surface area (Å²) in [5.74, 6) is -0.739. The second-order valence-electron chi connectivity index (χ2n) is 8.13. The van der Waals surface area contributed by atoms with E-state index in [1.807, 2.05) is 0 Å². The summed E-state index contributed by atoms with van der Waals surface area (Å²) in [5.41, 5.74) is 1.07. The first-order valence-electron chi connectivity index (χ1n) is 9.54. The van der Waals surface area contributed by atoms with Crippen molar-refractivity contribution < 1.29 is 27.5 Å². The Kier molecular flexibility index (Phi) is 7.47. The average molecular weight is 453 g/mol. The second-order valence-corrected chi connectivity index (χ2v) is 11.3. The number of aryl methyl sites for hydroxylation is 2. The molecule has 2 aromatic rings. The van der Waals surface area contributed by atoms with Crippen molar-refractivity contribution in [3.8, 4) is 10.4 Å². The van der Waals surface area contributed by atoms with E-state index in [2.05, 4.69) is 0 Å². The van der Waals surface area contributed by atoms with Gasteiger partial charge in [-0.25, -0.2) is 13.2 Å². The van der Waals surface area contributed by atoms with Crippen molar-refractivity contribution in [2.75, 3.05) is 20.0 Å². The number of sulfone groups is 1. The number of hydrogen-bond donors (Lipinski definition) is 0. The van der Waals surface area contributed by atoms with Gasteiger partial charge in [0.15, 0.2) is 9.84 Å². The van der Waals surface area contributed by atoms with Gasteiger partial charge in [0, 0.05) is 21.6 Å². The van der Waals surface area contributed by atoms with Crippen LogP contribution in [0.3, 0.4) is 0 Å². The summed E-state index contributed by atoms with van der Waals surface area (Å²) >= 11 is 1.35. The fraction of sp³-hybridized carbons (Fsp3) is 0.455. The molecule has 0 aliphatic heterocycles. The predicted octanol–water partition coefficient (Wildman–Crippen LogP) is 4.44. The van der Waals surface area contributed by atoms with Gasteiger partial charge < -0.3 is 9.47 Å². The lowest BCUT2D eigenvalue weighted by Gasteiger charge is -2.17. The molecule has 0 aliphatic carbocycles. The number of benzene rings is 1. The monoisotopic (exact) mass is 452 g/mol. The third-order valence-corrected chi connectivity index (χ3v) is 6.80. The van der Waals surface area contributed by atoms with Gasteiger partial charge in [0.05, 0.1) is 29.6 Å².